The van der Waals surface area contributed by atoms with E-state index in [1.165, 1.54) is 0 Å². The third kappa shape index (κ3) is 4.44. The lowest BCUT2D eigenvalue weighted by Gasteiger charge is -2.26. The standard InChI is InChI=1S/C16H18ClF3N4OS/c1-10-12(15(25)24(17)4-5-26-16(18,19)20)2-3-14-13(10)9-23(22-14)8-11-6-21-7-11/h2-3,9,11,21H,4-8H2,1H3. The normalized spacial score (nSPS) is 15.3. The van der Waals surface area contributed by atoms with E-state index in [0.29, 0.717) is 11.5 Å². The first kappa shape index (κ1) is 19.3. The number of halogens is 4. The Hall–Kier alpha value is -1.45. The van der Waals surface area contributed by atoms with E-state index < -0.39 is 11.4 Å². The van der Waals surface area contributed by atoms with Gasteiger partial charge in [0.05, 0.1) is 5.52 Å². The molecular weight excluding hydrogens is 389 g/mol. The van der Waals surface area contributed by atoms with Gasteiger partial charge in [-0.15, -0.1) is 0 Å². The van der Waals surface area contributed by atoms with Crippen LogP contribution in [0.25, 0.3) is 10.9 Å². The predicted molar refractivity (Wildman–Crippen MR) is 96.2 cm³/mol. The van der Waals surface area contributed by atoms with E-state index in [2.05, 4.69) is 10.4 Å². The fraction of sp³-hybridized carbons (Fsp3) is 0.500. The van der Waals surface area contributed by atoms with Crippen LogP contribution in [0, 0.1) is 12.8 Å². The molecule has 0 radical (unpaired) electrons. The van der Waals surface area contributed by atoms with E-state index in [1.807, 2.05) is 10.9 Å². The molecule has 1 amide bonds. The van der Waals surface area contributed by atoms with Crippen molar-refractivity contribution in [1.82, 2.24) is 19.5 Å². The first-order valence-corrected chi connectivity index (χ1v) is 9.43. The minimum absolute atomic E-state index is 0.198. The van der Waals surface area contributed by atoms with Crippen LogP contribution < -0.4 is 5.32 Å². The number of carbonyl (C=O) groups excluding carboxylic acids is 1. The van der Waals surface area contributed by atoms with Crippen LogP contribution in [-0.4, -0.2) is 51.0 Å². The van der Waals surface area contributed by atoms with Crippen molar-refractivity contribution in [3.63, 3.8) is 0 Å². The summed E-state index contributed by atoms with van der Waals surface area (Å²) in [4.78, 5) is 12.5. The maximum atomic E-state index is 12.5. The molecule has 0 spiro atoms. The molecule has 1 aliphatic rings. The number of fused-ring (bicyclic) bond motifs is 1. The second-order valence-electron chi connectivity index (χ2n) is 6.23. The Labute approximate surface area is 158 Å². The van der Waals surface area contributed by atoms with Crippen molar-refractivity contribution in [2.45, 2.75) is 19.0 Å². The number of hydrogen-bond donors (Lipinski definition) is 1. The van der Waals surface area contributed by atoms with Crippen molar-refractivity contribution in [2.75, 3.05) is 25.4 Å². The zero-order valence-electron chi connectivity index (χ0n) is 14.0. The van der Waals surface area contributed by atoms with Crippen LogP contribution in [0.1, 0.15) is 15.9 Å². The summed E-state index contributed by atoms with van der Waals surface area (Å²) < 4.78 is 39.3. The molecule has 1 aromatic heterocycles. The SMILES string of the molecule is Cc1c(C(=O)N(Cl)CCSC(F)(F)F)ccc2nn(CC3CNC3)cc12. The van der Waals surface area contributed by atoms with Gasteiger partial charge in [0.15, 0.2) is 0 Å². The number of amides is 1. The number of carbonyl (C=O) groups is 1. The molecule has 142 valence electrons. The Morgan fingerprint density at radius 1 is 1.46 bits per heavy atom. The van der Waals surface area contributed by atoms with Gasteiger partial charge in [-0.05, 0) is 36.4 Å². The maximum absolute atomic E-state index is 12.5. The third-order valence-electron chi connectivity index (χ3n) is 4.32. The van der Waals surface area contributed by atoms with E-state index >= 15 is 0 Å². The van der Waals surface area contributed by atoms with E-state index in [9.17, 15) is 18.0 Å². The molecule has 26 heavy (non-hydrogen) atoms. The number of hydrogen-bond acceptors (Lipinski definition) is 4. The lowest BCUT2D eigenvalue weighted by atomic mass is 10.0. The highest BCUT2D eigenvalue weighted by Gasteiger charge is 2.28. The Morgan fingerprint density at radius 2 is 2.19 bits per heavy atom. The maximum Gasteiger partial charge on any atom is 0.441 e. The Balaban J connectivity index is 1.72. The molecule has 1 fully saturated rings. The molecule has 10 heteroatoms. The summed E-state index contributed by atoms with van der Waals surface area (Å²) in [5.74, 6) is -0.270. The molecule has 0 saturated carbocycles. The quantitative estimate of drug-likeness (QED) is 0.747. The summed E-state index contributed by atoms with van der Waals surface area (Å²) in [6, 6.07) is 3.36. The summed E-state index contributed by atoms with van der Waals surface area (Å²) in [6.07, 6.45) is 1.90. The number of alkyl halides is 3. The highest BCUT2D eigenvalue weighted by molar-refractivity contribution is 8.00. The van der Waals surface area contributed by atoms with Crippen molar-refractivity contribution < 1.29 is 18.0 Å². The van der Waals surface area contributed by atoms with Crippen molar-refractivity contribution in [3.05, 3.63) is 29.5 Å². The van der Waals surface area contributed by atoms with E-state index in [1.54, 1.807) is 19.1 Å². The van der Waals surface area contributed by atoms with Crippen LogP contribution >= 0.6 is 23.5 Å². The van der Waals surface area contributed by atoms with Gasteiger partial charge in [0, 0.05) is 66.8 Å². The molecule has 0 atom stereocenters. The van der Waals surface area contributed by atoms with E-state index in [4.69, 9.17) is 11.8 Å². The number of nitrogens with zero attached hydrogens (tertiary/aromatic N) is 3. The van der Waals surface area contributed by atoms with Gasteiger partial charge in [0.2, 0.25) is 0 Å². The highest BCUT2D eigenvalue weighted by Crippen LogP contribution is 2.30. The largest absolute Gasteiger partial charge is 0.441 e. The van der Waals surface area contributed by atoms with Gasteiger partial charge in [0.25, 0.3) is 5.91 Å². The van der Waals surface area contributed by atoms with Crippen molar-refractivity contribution in [3.8, 4) is 0 Å². The fourth-order valence-corrected chi connectivity index (χ4v) is 3.60. The van der Waals surface area contributed by atoms with Gasteiger partial charge in [-0.25, -0.2) is 4.42 Å². The molecule has 0 unspecified atom stereocenters. The first-order chi connectivity index (χ1) is 12.2. The number of thioether (sulfide) groups is 1. The summed E-state index contributed by atoms with van der Waals surface area (Å²) in [5.41, 5.74) is -2.46. The number of benzene rings is 1. The van der Waals surface area contributed by atoms with Crippen LogP contribution in [0.15, 0.2) is 18.3 Å². The summed E-state index contributed by atoms with van der Waals surface area (Å²) in [7, 11) is 0. The minimum atomic E-state index is -4.33. The minimum Gasteiger partial charge on any atom is -0.316 e. The van der Waals surface area contributed by atoms with Gasteiger partial charge >= 0.3 is 5.51 Å². The molecule has 1 saturated heterocycles. The number of aromatic nitrogens is 2. The zero-order chi connectivity index (χ0) is 18.9. The van der Waals surface area contributed by atoms with E-state index in [-0.39, 0.29) is 24.1 Å². The smallest absolute Gasteiger partial charge is 0.316 e. The molecule has 2 heterocycles. The predicted octanol–water partition coefficient (Wildman–Crippen LogP) is 3.41. The Bertz CT molecular complexity index is 807. The van der Waals surface area contributed by atoms with Crippen molar-refractivity contribution in [2.24, 2.45) is 5.92 Å². The Morgan fingerprint density at radius 3 is 2.81 bits per heavy atom. The van der Waals surface area contributed by atoms with Crippen LogP contribution in [-0.2, 0) is 6.54 Å². The second kappa shape index (κ2) is 7.66. The highest BCUT2D eigenvalue weighted by atomic mass is 35.5. The van der Waals surface area contributed by atoms with Crippen LogP contribution in [0.5, 0.6) is 0 Å². The van der Waals surface area contributed by atoms with Gasteiger partial charge < -0.3 is 5.32 Å². The van der Waals surface area contributed by atoms with Crippen molar-refractivity contribution in [1.29, 1.82) is 0 Å². The molecule has 1 N–H and O–H groups in total. The van der Waals surface area contributed by atoms with Gasteiger partial charge in [-0.3, -0.25) is 9.48 Å². The average molecular weight is 407 g/mol. The molecule has 1 aromatic carbocycles. The number of rotatable bonds is 6. The van der Waals surface area contributed by atoms with Crippen molar-refractivity contribution >= 4 is 40.3 Å². The van der Waals surface area contributed by atoms with Crippen LogP contribution in [0.3, 0.4) is 0 Å². The molecule has 1 aliphatic heterocycles. The lowest BCUT2D eigenvalue weighted by molar-refractivity contribution is -0.0328. The topological polar surface area (TPSA) is 50.2 Å². The average Bonchev–Trinajstić information content (AvgIpc) is 2.93. The molecule has 0 bridgehead atoms. The molecule has 5 nitrogen and oxygen atoms in total. The second-order valence-corrected chi connectivity index (χ2v) is 7.80. The number of nitrogens with one attached hydrogen (secondary N) is 1. The van der Waals surface area contributed by atoms with Crippen LogP contribution in [0.2, 0.25) is 0 Å². The molecular formula is C16H18ClF3N4OS. The van der Waals surface area contributed by atoms with Crippen LogP contribution in [0.4, 0.5) is 13.2 Å². The monoisotopic (exact) mass is 406 g/mol. The van der Waals surface area contributed by atoms with Gasteiger partial charge in [0.1, 0.15) is 0 Å². The number of aryl methyl sites for hydroxylation is 1. The molecule has 2 aromatic rings. The third-order valence-corrected chi connectivity index (χ3v) is 5.36. The summed E-state index contributed by atoms with van der Waals surface area (Å²) in [6.45, 7) is 4.34. The zero-order valence-corrected chi connectivity index (χ0v) is 15.6. The van der Waals surface area contributed by atoms with E-state index in [0.717, 1.165) is 40.5 Å². The lowest BCUT2D eigenvalue weighted by Crippen LogP contribution is -2.44. The van der Waals surface area contributed by atoms with Gasteiger partial charge in [-0.1, -0.05) is 0 Å². The summed E-state index contributed by atoms with van der Waals surface area (Å²) >= 11 is 5.69. The summed E-state index contributed by atoms with van der Waals surface area (Å²) in [5, 5.41) is 8.58. The molecule has 3 rings (SSSR count). The fourth-order valence-electron chi connectivity index (χ4n) is 2.82. The first-order valence-electron chi connectivity index (χ1n) is 8.10. The molecule has 0 aliphatic carbocycles. The Kier molecular flexibility index (Phi) is 5.69. The van der Waals surface area contributed by atoms with Gasteiger partial charge in [-0.2, -0.15) is 18.3 Å².